The van der Waals surface area contributed by atoms with Crippen LogP contribution in [0.1, 0.15) is 0 Å². The molecule has 2 heteroatoms. The number of fused-ring (bicyclic) bond motifs is 11. The first-order valence-electron chi connectivity index (χ1n) is 22.7. The lowest BCUT2D eigenvalue weighted by molar-refractivity contribution is 1.18. The molecule has 0 aliphatic heterocycles. The quantitative estimate of drug-likeness (QED) is 0.120. The van der Waals surface area contributed by atoms with E-state index in [1.807, 2.05) is 11.3 Å². The fourth-order valence-corrected chi connectivity index (χ4v) is 12.3. The molecule has 66 heavy (non-hydrogen) atoms. The van der Waals surface area contributed by atoms with Crippen LogP contribution in [0.2, 0.25) is 0 Å². The highest BCUT2D eigenvalue weighted by molar-refractivity contribution is 7.26. The monoisotopic (exact) mass is 853 g/mol. The van der Waals surface area contributed by atoms with Crippen molar-refractivity contribution in [2.24, 2.45) is 0 Å². The van der Waals surface area contributed by atoms with Gasteiger partial charge in [0.15, 0.2) is 0 Å². The van der Waals surface area contributed by atoms with Gasteiger partial charge >= 0.3 is 0 Å². The first-order valence-corrected chi connectivity index (χ1v) is 23.6. The second-order valence-electron chi connectivity index (χ2n) is 17.5. The standard InChI is InChI=1S/C64H39NS/c1-2-15-40(16-3-1)62-51-22-8-10-24-53(51)63(54-25-11-9-23-52(54)62)41-29-33-45(34-30-41)65-59-35-31-43(47-26-14-27-55-50-21-12-13-28-61(50)66-64(47)55)38-57(59)58-39-44(32-36-60(58)65)56-37-42-17-4-5-18-46(42)48-19-6-7-20-49(48)56/h1-39H. The Hall–Kier alpha value is -8.30. The SMILES string of the molecule is c1ccc(-c2c3ccccc3c(-c3ccc(-n4c5ccc(-c6cc7ccccc7c7ccccc67)cc5c5cc(-c6cccc7c6sc6ccccc67)ccc54)cc3)c3ccccc23)cc1. The van der Waals surface area contributed by atoms with Crippen molar-refractivity contribution in [1.82, 2.24) is 4.57 Å². The number of hydrogen-bond acceptors (Lipinski definition) is 1. The molecular formula is C64H39NS. The van der Waals surface area contributed by atoms with Crippen LogP contribution in [-0.2, 0) is 0 Å². The van der Waals surface area contributed by atoms with E-state index in [1.165, 1.54) is 130 Å². The van der Waals surface area contributed by atoms with Gasteiger partial charge in [0.05, 0.1) is 11.0 Å². The fraction of sp³-hybridized carbons (Fsp3) is 0. The van der Waals surface area contributed by atoms with Crippen molar-refractivity contribution < 1.29 is 0 Å². The van der Waals surface area contributed by atoms with Gasteiger partial charge in [-0.3, -0.25) is 0 Å². The third kappa shape index (κ3) is 5.59. The molecule has 0 saturated heterocycles. The molecule has 12 aromatic carbocycles. The first-order chi connectivity index (χ1) is 32.7. The average Bonchev–Trinajstić information content (AvgIpc) is 3.93. The van der Waals surface area contributed by atoms with E-state index in [9.17, 15) is 0 Å². The van der Waals surface area contributed by atoms with Gasteiger partial charge in [-0.05, 0) is 136 Å². The molecule has 1 nitrogen and oxygen atoms in total. The number of thiophene rings is 1. The molecule has 14 aromatic rings. The Morgan fingerprint density at radius 3 is 1.41 bits per heavy atom. The molecule has 0 radical (unpaired) electrons. The van der Waals surface area contributed by atoms with E-state index in [2.05, 4.69) is 241 Å². The first kappa shape index (κ1) is 37.1. The molecule has 0 aliphatic rings. The molecule has 0 saturated carbocycles. The number of hydrogen-bond donors (Lipinski definition) is 0. The van der Waals surface area contributed by atoms with Crippen LogP contribution in [0.25, 0.3) is 135 Å². The highest BCUT2D eigenvalue weighted by Gasteiger charge is 2.20. The normalized spacial score (nSPS) is 11.9. The Bertz CT molecular complexity index is 4210. The van der Waals surface area contributed by atoms with E-state index in [0.29, 0.717) is 0 Å². The lowest BCUT2D eigenvalue weighted by atomic mass is 9.86. The van der Waals surface area contributed by atoms with Gasteiger partial charge in [-0.25, -0.2) is 0 Å². The van der Waals surface area contributed by atoms with Gasteiger partial charge in [0.25, 0.3) is 0 Å². The van der Waals surface area contributed by atoms with Crippen LogP contribution in [0.5, 0.6) is 0 Å². The highest BCUT2D eigenvalue weighted by Crippen LogP contribution is 2.46. The summed E-state index contributed by atoms with van der Waals surface area (Å²) in [5, 5.41) is 15.2. The molecule has 0 fully saturated rings. The van der Waals surface area contributed by atoms with Gasteiger partial charge in [0.2, 0.25) is 0 Å². The molecule has 0 atom stereocenters. The van der Waals surface area contributed by atoms with Gasteiger partial charge < -0.3 is 4.57 Å². The summed E-state index contributed by atoms with van der Waals surface area (Å²) in [5.41, 5.74) is 13.5. The van der Waals surface area contributed by atoms with Gasteiger partial charge in [0.1, 0.15) is 0 Å². The lowest BCUT2D eigenvalue weighted by Gasteiger charge is -2.18. The molecular weight excluding hydrogens is 815 g/mol. The summed E-state index contributed by atoms with van der Waals surface area (Å²) in [6.07, 6.45) is 0. The van der Waals surface area contributed by atoms with Crippen molar-refractivity contribution >= 4 is 96.4 Å². The van der Waals surface area contributed by atoms with Crippen LogP contribution in [0.3, 0.4) is 0 Å². The van der Waals surface area contributed by atoms with E-state index in [0.717, 1.165) is 5.69 Å². The third-order valence-electron chi connectivity index (χ3n) is 14.0. The summed E-state index contributed by atoms with van der Waals surface area (Å²) < 4.78 is 5.12. The van der Waals surface area contributed by atoms with E-state index in [4.69, 9.17) is 0 Å². The van der Waals surface area contributed by atoms with Crippen molar-refractivity contribution in [3.8, 4) is 50.2 Å². The van der Waals surface area contributed by atoms with Crippen LogP contribution in [0.4, 0.5) is 0 Å². The molecule has 2 aromatic heterocycles. The van der Waals surface area contributed by atoms with E-state index < -0.39 is 0 Å². The fourth-order valence-electron chi connectivity index (χ4n) is 11.0. The number of rotatable bonds is 5. The van der Waals surface area contributed by atoms with Gasteiger partial charge in [-0.1, -0.05) is 188 Å². The molecule has 0 amide bonds. The summed E-state index contributed by atoms with van der Waals surface area (Å²) in [7, 11) is 0. The smallest absolute Gasteiger partial charge is 0.0541 e. The zero-order valence-electron chi connectivity index (χ0n) is 35.9. The summed E-state index contributed by atoms with van der Waals surface area (Å²) >= 11 is 1.89. The van der Waals surface area contributed by atoms with Gasteiger partial charge in [0, 0.05) is 36.6 Å². The molecule has 14 rings (SSSR count). The minimum absolute atomic E-state index is 1.14. The summed E-state index contributed by atoms with van der Waals surface area (Å²) in [5.74, 6) is 0. The molecule has 0 bridgehead atoms. The molecule has 2 heterocycles. The summed E-state index contributed by atoms with van der Waals surface area (Å²) in [6.45, 7) is 0. The minimum Gasteiger partial charge on any atom is -0.309 e. The Kier molecular flexibility index (Phi) is 8.22. The zero-order chi connectivity index (χ0) is 43.3. The van der Waals surface area contributed by atoms with Crippen molar-refractivity contribution in [2.75, 3.05) is 0 Å². The Balaban J connectivity index is 0.987. The maximum atomic E-state index is 2.47. The molecule has 0 spiro atoms. The predicted octanol–water partition coefficient (Wildman–Crippen LogP) is 18.4. The predicted molar refractivity (Wildman–Crippen MR) is 285 cm³/mol. The molecule has 0 unspecified atom stereocenters. The Morgan fingerprint density at radius 2 is 0.758 bits per heavy atom. The maximum absolute atomic E-state index is 2.47. The minimum atomic E-state index is 1.14. The van der Waals surface area contributed by atoms with Crippen molar-refractivity contribution in [2.45, 2.75) is 0 Å². The van der Waals surface area contributed by atoms with Crippen molar-refractivity contribution in [3.05, 3.63) is 237 Å². The third-order valence-corrected chi connectivity index (χ3v) is 15.2. The number of nitrogens with zero attached hydrogens (tertiary/aromatic N) is 1. The van der Waals surface area contributed by atoms with E-state index in [-0.39, 0.29) is 0 Å². The number of benzene rings is 12. The van der Waals surface area contributed by atoms with E-state index in [1.54, 1.807) is 0 Å². The van der Waals surface area contributed by atoms with Gasteiger partial charge in [-0.2, -0.15) is 0 Å². The largest absolute Gasteiger partial charge is 0.309 e. The second kappa shape index (κ2) is 14.6. The van der Waals surface area contributed by atoms with Crippen molar-refractivity contribution in [3.63, 3.8) is 0 Å². The molecule has 0 aliphatic carbocycles. The van der Waals surface area contributed by atoms with Crippen LogP contribution in [-0.4, -0.2) is 4.57 Å². The van der Waals surface area contributed by atoms with Crippen LogP contribution in [0.15, 0.2) is 237 Å². The number of aromatic nitrogens is 1. The molecule has 0 N–H and O–H groups in total. The molecule has 306 valence electrons. The summed E-state index contributed by atoms with van der Waals surface area (Å²) in [4.78, 5) is 0. The highest BCUT2D eigenvalue weighted by atomic mass is 32.1. The van der Waals surface area contributed by atoms with Crippen molar-refractivity contribution in [1.29, 1.82) is 0 Å². The second-order valence-corrected chi connectivity index (χ2v) is 18.6. The Labute approximate surface area is 385 Å². The van der Waals surface area contributed by atoms with Crippen LogP contribution in [0, 0.1) is 0 Å². The van der Waals surface area contributed by atoms with Gasteiger partial charge in [-0.15, -0.1) is 11.3 Å². The lowest BCUT2D eigenvalue weighted by Crippen LogP contribution is -1.95. The maximum Gasteiger partial charge on any atom is 0.0541 e. The van der Waals surface area contributed by atoms with E-state index >= 15 is 0 Å². The summed E-state index contributed by atoms with van der Waals surface area (Å²) in [6, 6.07) is 87.8. The van der Waals surface area contributed by atoms with Crippen LogP contribution < -0.4 is 0 Å². The Morgan fingerprint density at radius 1 is 0.273 bits per heavy atom. The van der Waals surface area contributed by atoms with Crippen LogP contribution >= 0.6 is 11.3 Å². The zero-order valence-corrected chi connectivity index (χ0v) is 36.7. The average molecular weight is 854 g/mol. The topological polar surface area (TPSA) is 4.93 Å².